The van der Waals surface area contributed by atoms with Gasteiger partial charge in [-0.1, -0.05) is 5.16 Å². The lowest BCUT2D eigenvalue weighted by atomic mass is 10.3. The topological polar surface area (TPSA) is 77.8 Å². The highest BCUT2D eigenvalue weighted by molar-refractivity contribution is 5.85. The van der Waals surface area contributed by atoms with E-state index in [-0.39, 0.29) is 24.8 Å². The van der Waals surface area contributed by atoms with Crippen molar-refractivity contribution >= 4 is 24.8 Å². The third-order valence-electron chi connectivity index (χ3n) is 1.75. The van der Waals surface area contributed by atoms with Crippen molar-refractivity contribution in [2.24, 2.45) is 5.73 Å². The first-order chi connectivity index (χ1) is 6.90. The molecule has 0 aromatic carbocycles. The minimum atomic E-state index is 0. The quantitative estimate of drug-likeness (QED) is 0.907. The molecular weight excluding hydrogens is 251 g/mol. The molecule has 2 aromatic rings. The molecule has 88 valence electrons. The van der Waals surface area contributed by atoms with Gasteiger partial charge in [-0.05, 0) is 12.1 Å². The van der Waals surface area contributed by atoms with Crippen LogP contribution < -0.4 is 5.73 Å². The summed E-state index contributed by atoms with van der Waals surface area (Å²) < 4.78 is 4.99. The van der Waals surface area contributed by atoms with Crippen LogP contribution in [0.5, 0.6) is 0 Å². The van der Waals surface area contributed by atoms with E-state index < -0.39 is 0 Å². The summed E-state index contributed by atoms with van der Waals surface area (Å²) in [6, 6.07) is 3.71. The van der Waals surface area contributed by atoms with Crippen LogP contribution in [-0.4, -0.2) is 21.7 Å². The van der Waals surface area contributed by atoms with Crippen molar-refractivity contribution in [2.45, 2.75) is 6.42 Å². The van der Waals surface area contributed by atoms with Gasteiger partial charge in [0.25, 0.3) is 0 Å². The van der Waals surface area contributed by atoms with Gasteiger partial charge in [0.1, 0.15) is 0 Å². The van der Waals surface area contributed by atoms with Crippen molar-refractivity contribution in [3.05, 3.63) is 30.4 Å². The van der Waals surface area contributed by atoms with E-state index in [4.69, 9.17) is 10.3 Å². The average Bonchev–Trinajstić information content (AvgIpc) is 2.68. The third kappa shape index (κ3) is 3.44. The molecule has 0 fully saturated rings. The number of pyridine rings is 1. The van der Waals surface area contributed by atoms with Gasteiger partial charge in [0, 0.05) is 30.9 Å². The number of aromatic nitrogens is 3. The molecule has 0 unspecified atom stereocenters. The van der Waals surface area contributed by atoms with Gasteiger partial charge in [0.15, 0.2) is 0 Å². The summed E-state index contributed by atoms with van der Waals surface area (Å²) in [4.78, 5) is 8.14. The van der Waals surface area contributed by atoms with Gasteiger partial charge in [-0.25, -0.2) is 0 Å². The molecule has 0 aliphatic carbocycles. The Morgan fingerprint density at radius 1 is 1.31 bits per heavy atom. The summed E-state index contributed by atoms with van der Waals surface area (Å²) in [6.45, 7) is 0.509. The van der Waals surface area contributed by atoms with Gasteiger partial charge in [-0.3, -0.25) is 4.98 Å². The van der Waals surface area contributed by atoms with Gasteiger partial charge < -0.3 is 10.3 Å². The van der Waals surface area contributed by atoms with Crippen LogP contribution in [0.1, 0.15) is 5.89 Å². The van der Waals surface area contributed by atoms with Gasteiger partial charge in [-0.2, -0.15) is 4.98 Å². The fraction of sp³-hybridized carbons (Fsp3) is 0.222. The molecular formula is C9H12Cl2N4O. The molecule has 16 heavy (non-hydrogen) atoms. The SMILES string of the molecule is Cl.Cl.NCCc1nc(-c2cccnc2)no1. The fourth-order valence-corrected chi connectivity index (χ4v) is 1.09. The Morgan fingerprint density at radius 3 is 2.75 bits per heavy atom. The minimum Gasteiger partial charge on any atom is -0.339 e. The second-order valence-electron chi connectivity index (χ2n) is 2.79. The molecule has 2 N–H and O–H groups in total. The molecule has 0 radical (unpaired) electrons. The maximum atomic E-state index is 5.37. The van der Waals surface area contributed by atoms with E-state index in [2.05, 4.69) is 15.1 Å². The van der Waals surface area contributed by atoms with Gasteiger partial charge in [0.2, 0.25) is 11.7 Å². The van der Waals surface area contributed by atoms with Crippen LogP contribution in [0.4, 0.5) is 0 Å². The number of hydrogen-bond donors (Lipinski definition) is 1. The number of rotatable bonds is 3. The largest absolute Gasteiger partial charge is 0.339 e. The summed E-state index contributed by atoms with van der Waals surface area (Å²) in [6.07, 6.45) is 3.99. The van der Waals surface area contributed by atoms with Crippen molar-refractivity contribution in [3.8, 4) is 11.4 Å². The molecule has 0 bridgehead atoms. The Labute approximate surface area is 105 Å². The normalized spacial score (nSPS) is 9.06. The number of halogens is 2. The molecule has 5 nitrogen and oxygen atoms in total. The van der Waals surface area contributed by atoms with Crippen molar-refractivity contribution in [3.63, 3.8) is 0 Å². The van der Waals surface area contributed by atoms with Crippen LogP contribution >= 0.6 is 24.8 Å². The molecule has 0 aliphatic rings. The highest BCUT2D eigenvalue weighted by atomic mass is 35.5. The molecule has 0 spiro atoms. The molecule has 0 amide bonds. The second-order valence-corrected chi connectivity index (χ2v) is 2.79. The summed E-state index contributed by atoms with van der Waals surface area (Å²) in [5.41, 5.74) is 6.22. The number of nitrogens with two attached hydrogens (primary N) is 1. The standard InChI is InChI=1S/C9H10N4O.2ClH/c10-4-3-8-12-9(13-14-8)7-2-1-5-11-6-7;;/h1-2,5-6H,3-4,10H2;2*1H. The second kappa shape index (κ2) is 7.16. The summed E-state index contributed by atoms with van der Waals surface area (Å²) in [5.74, 6) is 1.12. The molecule has 7 heteroatoms. The van der Waals surface area contributed by atoms with E-state index in [1.807, 2.05) is 12.1 Å². The van der Waals surface area contributed by atoms with E-state index in [1.165, 1.54) is 0 Å². The van der Waals surface area contributed by atoms with Crippen LogP contribution in [-0.2, 0) is 6.42 Å². The van der Waals surface area contributed by atoms with Crippen molar-refractivity contribution in [1.82, 2.24) is 15.1 Å². The zero-order valence-electron chi connectivity index (χ0n) is 8.37. The third-order valence-corrected chi connectivity index (χ3v) is 1.75. The highest BCUT2D eigenvalue weighted by Gasteiger charge is 2.06. The zero-order valence-corrected chi connectivity index (χ0v) is 10.0. The molecule has 2 rings (SSSR count). The average molecular weight is 263 g/mol. The Morgan fingerprint density at radius 2 is 2.12 bits per heavy atom. The maximum absolute atomic E-state index is 5.37. The van der Waals surface area contributed by atoms with Gasteiger partial charge in [-0.15, -0.1) is 24.8 Å². The van der Waals surface area contributed by atoms with Crippen LogP contribution in [0.2, 0.25) is 0 Å². The highest BCUT2D eigenvalue weighted by Crippen LogP contribution is 2.13. The Bertz CT molecular complexity index is 407. The molecule has 0 aliphatic heterocycles. The van der Waals surface area contributed by atoms with E-state index in [0.717, 1.165) is 5.56 Å². The number of hydrogen-bond acceptors (Lipinski definition) is 5. The predicted octanol–water partition coefficient (Wildman–Crippen LogP) is 1.48. The maximum Gasteiger partial charge on any atom is 0.228 e. The van der Waals surface area contributed by atoms with Crippen LogP contribution in [0.25, 0.3) is 11.4 Å². The van der Waals surface area contributed by atoms with E-state index in [1.54, 1.807) is 12.4 Å². The van der Waals surface area contributed by atoms with E-state index in [0.29, 0.717) is 24.7 Å². The Hall–Kier alpha value is -1.17. The first kappa shape index (κ1) is 14.8. The summed E-state index contributed by atoms with van der Waals surface area (Å²) >= 11 is 0. The molecule has 0 atom stereocenters. The summed E-state index contributed by atoms with van der Waals surface area (Å²) in [7, 11) is 0. The molecule has 0 saturated carbocycles. The van der Waals surface area contributed by atoms with E-state index >= 15 is 0 Å². The molecule has 0 saturated heterocycles. The van der Waals surface area contributed by atoms with E-state index in [9.17, 15) is 0 Å². The number of nitrogens with zero attached hydrogens (tertiary/aromatic N) is 3. The monoisotopic (exact) mass is 262 g/mol. The molecule has 2 aromatic heterocycles. The van der Waals surface area contributed by atoms with Gasteiger partial charge >= 0.3 is 0 Å². The Kier molecular flexibility index (Phi) is 6.64. The lowest BCUT2D eigenvalue weighted by Gasteiger charge is -1.89. The Balaban J connectivity index is 0.00000112. The fourth-order valence-electron chi connectivity index (χ4n) is 1.09. The molecule has 2 heterocycles. The first-order valence-corrected chi connectivity index (χ1v) is 4.33. The first-order valence-electron chi connectivity index (χ1n) is 4.33. The lowest BCUT2D eigenvalue weighted by Crippen LogP contribution is -2.02. The van der Waals surface area contributed by atoms with Gasteiger partial charge in [0.05, 0.1) is 0 Å². The van der Waals surface area contributed by atoms with Crippen molar-refractivity contribution in [2.75, 3.05) is 6.54 Å². The zero-order chi connectivity index (χ0) is 9.80. The van der Waals surface area contributed by atoms with Crippen LogP contribution in [0, 0.1) is 0 Å². The van der Waals surface area contributed by atoms with Crippen molar-refractivity contribution < 1.29 is 4.52 Å². The van der Waals surface area contributed by atoms with Crippen LogP contribution in [0.15, 0.2) is 29.0 Å². The smallest absolute Gasteiger partial charge is 0.228 e. The van der Waals surface area contributed by atoms with Crippen LogP contribution in [0.3, 0.4) is 0 Å². The lowest BCUT2D eigenvalue weighted by molar-refractivity contribution is 0.380. The van der Waals surface area contributed by atoms with Crippen molar-refractivity contribution in [1.29, 1.82) is 0 Å². The minimum absolute atomic E-state index is 0. The summed E-state index contributed by atoms with van der Waals surface area (Å²) in [5, 5.41) is 3.82. The predicted molar refractivity (Wildman–Crippen MR) is 64.8 cm³/mol.